The van der Waals surface area contributed by atoms with Crippen molar-refractivity contribution in [1.29, 1.82) is 0 Å². The molecule has 140 valence electrons. The van der Waals surface area contributed by atoms with E-state index in [-0.39, 0.29) is 5.75 Å². The van der Waals surface area contributed by atoms with E-state index in [4.69, 9.17) is 0 Å². The Morgan fingerprint density at radius 3 is 1.81 bits per heavy atom. The number of nitrogens with zero attached hydrogens (tertiary/aromatic N) is 1. The average Bonchev–Trinajstić information content (AvgIpc) is 2.58. The van der Waals surface area contributed by atoms with E-state index < -0.39 is 15.6 Å². The predicted octanol–water partition coefficient (Wildman–Crippen LogP) is 4.47. The molecule has 1 fully saturated rings. The Bertz CT molecular complexity index is 825. The maximum Gasteiger partial charge on any atom is 0.242 e. The van der Waals surface area contributed by atoms with Crippen molar-refractivity contribution >= 4 is 21.4 Å². The molecule has 2 aromatic rings. The van der Waals surface area contributed by atoms with E-state index in [0.29, 0.717) is 24.2 Å². The second-order valence-corrected chi connectivity index (χ2v) is 9.20. The number of anilines is 2. The summed E-state index contributed by atoms with van der Waals surface area (Å²) in [5, 5.41) is 10.9. The van der Waals surface area contributed by atoms with Crippen molar-refractivity contribution in [2.24, 2.45) is 0 Å². The minimum Gasteiger partial charge on any atom is -0.389 e. The van der Waals surface area contributed by atoms with Gasteiger partial charge in [0.25, 0.3) is 0 Å². The summed E-state index contributed by atoms with van der Waals surface area (Å²) in [6.07, 6.45) is 3.90. The maximum atomic E-state index is 13.5. The summed E-state index contributed by atoms with van der Waals surface area (Å²) in [5.41, 5.74) is 1.91. The van der Waals surface area contributed by atoms with Gasteiger partial charge in [-0.3, -0.25) is 0 Å². The van der Waals surface area contributed by atoms with Gasteiger partial charge in [0, 0.05) is 0 Å². The highest BCUT2D eigenvalue weighted by Gasteiger charge is 2.38. The van der Waals surface area contributed by atoms with Gasteiger partial charge >= 0.3 is 0 Å². The van der Waals surface area contributed by atoms with Gasteiger partial charge in [-0.25, -0.2) is 12.7 Å². The Labute approximate surface area is 156 Å². The van der Waals surface area contributed by atoms with E-state index in [0.717, 1.165) is 30.4 Å². The fourth-order valence-electron chi connectivity index (χ4n) is 3.77. The smallest absolute Gasteiger partial charge is 0.242 e. The SMILES string of the molecule is Cc1ccccc1N(c1ccccc1C)S(=O)(=O)CC1(O)CCCCC1. The van der Waals surface area contributed by atoms with Gasteiger partial charge < -0.3 is 5.11 Å². The van der Waals surface area contributed by atoms with E-state index in [1.165, 1.54) is 4.31 Å². The molecule has 1 saturated carbocycles. The number of hydrogen-bond donors (Lipinski definition) is 1. The van der Waals surface area contributed by atoms with Crippen molar-refractivity contribution in [1.82, 2.24) is 0 Å². The number of aliphatic hydroxyl groups is 1. The van der Waals surface area contributed by atoms with Crippen LogP contribution < -0.4 is 4.31 Å². The quantitative estimate of drug-likeness (QED) is 0.841. The lowest BCUT2D eigenvalue weighted by Crippen LogP contribution is -2.44. The summed E-state index contributed by atoms with van der Waals surface area (Å²) < 4.78 is 28.4. The van der Waals surface area contributed by atoms with Crippen molar-refractivity contribution in [2.45, 2.75) is 51.6 Å². The third-order valence-electron chi connectivity index (χ3n) is 5.18. The van der Waals surface area contributed by atoms with Crippen LogP contribution in [-0.2, 0) is 10.0 Å². The zero-order valence-electron chi connectivity index (χ0n) is 15.5. The summed E-state index contributed by atoms with van der Waals surface area (Å²) in [6, 6.07) is 15.0. The maximum absolute atomic E-state index is 13.5. The second kappa shape index (κ2) is 7.41. The first-order valence-electron chi connectivity index (χ1n) is 9.19. The lowest BCUT2D eigenvalue weighted by molar-refractivity contribution is 0.0257. The van der Waals surface area contributed by atoms with Crippen LogP contribution in [-0.4, -0.2) is 24.9 Å². The van der Waals surface area contributed by atoms with Gasteiger partial charge in [0.1, 0.15) is 0 Å². The van der Waals surface area contributed by atoms with Gasteiger partial charge in [-0.1, -0.05) is 55.7 Å². The van der Waals surface area contributed by atoms with Crippen LogP contribution in [0.5, 0.6) is 0 Å². The van der Waals surface area contributed by atoms with Crippen LogP contribution in [0.15, 0.2) is 48.5 Å². The van der Waals surface area contributed by atoms with Crippen molar-refractivity contribution in [3.8, 4) is 0 Å². The Balaban J connectivity index is 2.08. The monoisotopic (exact) mass is 373 g/mol. The second-order valence-electron chi connectivity index (χ2n) is 7.38. The van der Waals surface area contributed by atoms with E-state index >= 15 is 0 Å². The van der Waals surface area contributed by atoms with E-state index in [2.05, 4.69) is 0 Å². The fourth-order valence-corrected chi connectivity index (χ4v) is 5.88. The predicted molar refractivity (Wildman–Crippen MR) is 106 cm³/mol. The molecule has 1 N–H and O–H groups in total. The molecule has 26 heavy (non-hydrogen) atoms. The molecule has 1 aliphatic rings. The molecule has 3 rings (SSSR count). The number of benzene rings is 2. The van der Waals surface area contributed by atoms with Crippen molar-refractivity contribution in [2.75, 3.05) is 10.1 Å². The van der Waals surface area contributed by atoms with Crippen molar-refractivity contribution in [3.05, 3.63) is 59.7 Å². The molecule has 0 heterocycles. The summed E-state index contributed by atoms with van der Waals surface area (Å²) in [4.78, 5) is 0. The van der Waals surface area contributed by atoms with E-state index in [9.17, 15) is 13.5 Å². The summed E-state index contributed by atoms with van der Waals surface area (Å²) in [7, 11) is -3.75. The number of aryl methyl sites for hydroxylation is 2. The Kier molecular flexibility index (Phi) is 5.39. The Morgan fingerprint density at radius 1 is 0.885 bits per heavy atom. The van der Waals surface area contributed by atoms with Crippen LogP contribution in [0, 0.1) is 13.8 Å². The largest absolute Gasteiger partial charge is 0.389 e. The molecule has 0 aromatic heterocycles. The molecule has 5 heteroatoms. The first-order valence-corrected chi connectivity index (χ1v) is 10.8. The standard InChI is InChI=1S/C21H27NO3S/c1-17-10-4-6-12-19(17)22(20-13-7-5-11-18(20)2)26(24,25)16-21(23)14-8-3-9-15-21/h4-7,10-13,23H,3,8-9,14-16H2,1-2H3. The molecule has 0 spiro atoms. The molecule has 0 saturated heterocycles. The number of rotatable bonds is 5. The van der Waals surface area contributed by atoms with Gasteiger partial charge in [-0.05, 0) is 49.9 Å². The molecule has 0 atom stereocenters. The molecule has 1 aliphatic carbocycles. The van der Waals surface area contributed by atoms with Crippen LogP contribution in [0.1, 0.15) is 43.2 Å². The van der Waals surface area contributed by atoms with Crippen LogP contribution in [0.2, 0.25) is 0 Å². The lowest BCUT2D eigenvalue weighted by Gasteiger charge is -2.35. The molecular weight excluding hydrogens is 346 g/mol. The average molecular weight is 374 g/mol. The molecular formula is C21H27NO3S. The van der Waals surface area contributed by atoms with Gasteiger partial charge in [0.2, 0.25) is 10.0 Å². The Morgan fingerprint density at radius 2 is 1.35 bits per heavy atom. The first-order chi connectivity index (χ1) is 12.3. The molecule has 2 aromatic carbocycles. The molecule has 0 bridgehead atoms. The Hall–Kier alpha value is -1.85. The van der Waals surface area contributed by atoms with Gasteiger partial charge in [0.05, 0.1) is 22.7 Å². The fraction of sp³-hybridized carbons (Fsp3) is 0.429. The minimum absolute atomic E-state index is 0.247. The van der Waals surface area contributed by atoms with Gasteiger partial charge in [-0.2, -0.15) is 0 Å². The van der Waals surface area contributed by atoms with Crippen LogP contribution in [0.4, 0.5) is 11.4 Å². The van der Waals surface area contributed by atoms with E-state index in [1.54, 1.807) is 0 Å². The van der Waals surface area contributed by atoms with Crippen LogP contribution in [0.3, 0.4) is 0 Å². The highest BCUT2D eigenvalue weighted by atomic mass is 32.2. The first kappa shape index (κ1) is 18.9. The molecule has 0 radical (unpaired) electrons. The molecule has 0 amide bonds. The summed E-state index contributed by atoms with van der Waals surface area (Å²) >= 11 is 0. The molecule has 0 aliphatic heterocycles. The lowest BCUT2D eigenvalue weighted by atomic mass is 9.86. The number of sulfonamides is 1. The zero-order chi connectivity index (χ0) is 18.8. The van der Waals surface area contributed by atoms with Crippen LogP contribution >= 0.6 is 0 Å². The summed E-state index contributed by atoms with van der Waals surface area (Å²) in [5.74, 6) is -0.247. The third-order valence-corrected chi connectivity index (χ3v) is 7.03. The van der Waals surface area contributed by atoms with E-state index in [1.807, 2.05) is 62.4 Å². The highest BCUT2D eigenvalue weighted by Crippen LogP contribution is 2.37. The van der Waals surface area contributed by atoms with Gasteiger partial charge in [0.15, 0.2) is 0 Å². The normalized spacial score (nSPS) is 17.0. The minimum atomic E-state index is -3.75. The molecule has 4 nitrogen and oxygen atoms in total. The van der Waals surface area contributed by atoms with Crippen molar-refractivity contribution in [3.63, 3.8) is 0 Å². The zero-order valence-corrected chi connectivity index (χ0v) is 16.3. The van der Waals surface area contributed by atoms with Gasteiger partial charge in [-0.15, -0.1) is 0 Å². The number of hydrogen-bond acceptors (Lipinski definition) is 3. The van der Waals surface area contributed by atoms with Crippen molar-refractivity contribution < 1.29 is 13.5 Å². The summed E-state index contributed by atoms with van der Waals surface area (Å²) in [6.45, 7) is 3.82. The third kappa shape index (κ3) is 3.94. The van der Waals surface area contributed by atoms with Crippen LogP contribution in [0.25, 0.3) is 0 Å². The number of para-hydroxylation sites is 2. The molecule has 0 unspecified atom stereocenters. The highest BCUT2D eigenvalue weighted by molar-refractivity contribution is 7.93. The topological polar surface area (TPSA) is 57.6 Å².